The van der Waals surface area contributed by atoms with E-state index in [4.69, 9.17) is 4.74 Å². The van der Waals surface area contributed by atoms with Crippen LogP contribution < -0.4 is 4.90 Å². The molecule has 5 rings (SSSR count). The summed E-state index contributed by atoms with van der Waals surface area (Å²) in [5.41, 5.74) is 3.76. The van der Waals surface area contributed by atoms with Gasteiger partial charge in [0.25, 0.3) is 0 Å². The highest BCUT2D eigenvalue weighted by molar-refractivity contribution is 14.1. The SMILES string of the molecule is Cc1ccc(C#N)cc1N(CI)C[C@H]1CCC[C@]2(C1)CN(Cc1cccc3ccccc13)C(=O)O2. The molecule has 3 aromatic carbocycles. The predicted octanol–water partition coefficient (Wildman–Crippen LogP) is 6.80. The number of benzene rings is 3. The topological polar surface area (TPSA) is 56.6 Å². The Balaban J connectivity index is 1.30. The fourth-order valence-electron chi connectivity index (χ4n) is 5.83. The molecule has 0 aromatic heterocycles. The molecule has 180 valence electrons. The van der Waals surface area contributed by atoms with Gasteiger partial charge in [0.2, 0.25) is 0 Å². The van der Waals surface area contributed by atoms with Crippen LogP contribution in [0.3, 0.4) is 0 Å². The van der Waals surface area contributed by atoms with Crippen LogP contribution in [0.4, 0.5) is 10.5 Å². The molecule has 1 aliphatic heterocycles. The Morgan fingerprint density at radius 2 is 2.03 bits per heavy atom. The zero-order valence-electron chi connectivity index (χ0n) is 20.0. The first-order valence-corrected chi connectivity index (χ1v) is 13.8. The molecular weight excluding hydrogens is 549 g/mol. The van der Waals surface area contributed by atoms with E-state index >= 15 is 0 Å². The molecule has 35 heavy (non-hydrogen) atoms. The third-order valence-corrected chi connectivity index (χ3v) is 8.31. The van der Waals surface area contributed by atoms with Gasteiger partial charge in [-0.2, -0.15) is 5.26 Å². The van der Waals surface area contributed by atoms with Crippen LogP contribution in [0.2, 0.25) is 0 Å². The summed E-state index contributed by atoms with van der Waals surface area (Å²) in [5.74, 6) is 0.439. The van der Waals surface area contributed by atoms with E-state index in [0.717, 1.165) is 48.0 Å². The van der Waals surface area contributed by atoms with Crippen LogP contribution in [0.5, 0.6) is 0 Å². The van der Waals surface area contributed by atoms with Gasteiger partial charge in [0.05, 0.1) is 22.7 Å². The molecule has 1 aliphatic carbocycles. The first kappa shape index (κ1) is 23.9. The van der Waals surface area contributed by atoms with Gasteiger partial charge in [-0.15, -0.1) is 0 Å². The molecule has 0 unspecified atom stereocenters. The lowest BCUT2D eigenvalue weighted by molar-refractivity contribution is 0.00833. The maximum absolute atomic E-state index is 13.0. The lowest BCUT2D eigenvalue weighted by atomic mass is 9.77. The second kappa shape index (κ2) is 10.1. The number of ether oxygens (including phenoxy) is 1. The predicted molar refractivity (Wildman–Crippen MR) is 148 cm³/mol. The van der Waals surface area contributed by atoms with Crippen LogP contribution in [0.15, 0.2) is 60.7 Å². The zero-order valence-corrected chi connectivity index (χ0v) is 22.2. The highest BCUT2D eigenvalue weighted by Gasteiger charge is 2.48. The number of nitrogens with zero attached hydrogens (tertiary/aromatic N) is 3. The Morgan fingerprint density at radius 3 is 2.86 bits per heavy atom. The van der Waals surface area contributed by atoms with Gasteiger partial charge in [0.15, 0.2) is 0 Å². The number of hydrogen-bond acceptors (Lipinski definition) is 4. The molecule has 5 nitrogen and oxygen atoms in total. The van der Waals surface area contributed by atoms with E-state index in [1.807, 2.05) is 35.2 Å². The number of nitriles is 1. The normalized spacial score (nSPS) is 21.8. The van der Waals surface area contributed by atoms with E-state index in [1.54, 1.807) is 0 Å². The summed E-state index contributed by atoms with van der Waals surface area (Å²) in [5, 5.41) is 11.7. The van der Waals surface area contributed by atoms with E-state index in [0.29, 0.717) is 24.6 Å². The van der Waals surface area contributed by atoms with Crippen molar-refractivity contribution in [3.8, 4) is 6.07 Å². The molecule has 1 saturated carbocycles. The van der Waals surface area contributed by atoms with Crippen molar-refractivity contribution in [3.05, 3.63) is 77.4 Å². The molecule has 0 radical (unpaired) electrons. The van der Waals surface area contributed by atoms with E-state index in [1.165, 1.54) is 16.3 Å². The van der Waals surface area contributed by atoms with Gasteiger partial charge in [-0.25, -0.2) is 4.79 Å². The average Bonchev–Trinajstić information content (AvgIpc) is 3.16. The number of amides is 1. The van der Waals surface area contributed by atoms with Crippen molar-refractivity contribution in [1.82, 2.24) is 4.90 Å². The molecule has 0 bridgehead atoms. The Hall–Kier alpha value is -2.79. The number of aryl methyl sites for hydroxylation is 1. The lowest BCUT2D eigenvalue weighted by Crippen LogP contribution is -2.42. The van der Waals surface area contributed by atoms with Gasteiger partial charge in [-0.05, 0) is 72.6 Å². The number of carbonyl (C=O) groups is 1. The maximum atomic E-state index is 13.0. The largest absolute Gasteiger partial charge is 0.441 e. The van der Waals surface area contributed by atoms with Crippen molar-refractivity contribution in [3.63, 3.8) is 0 Å². The van der Waals surface area contributed by atoms with Gasteiger partial charge in [0, 0.05) is 18.8 Å². The van der Waals surface area contributed by atoms with Crippen LogP contribution in [0.25, 0.3) is 10.8 Å². The van der Waals surface area contributed by atoms with Gasteiger partial charge in [-0.1, -0.05) is 71.1 Å². The molecule has 1 amide bonds. The van der Waals surface area contributed by atoms with Crippen LogP contribution in [-0.2, 0) is 11.3 Å². The van der Waals surface area contributed by atoms with Crippen LogP contribution in [0.1, 0.15) is 42.4 Å². The van der Waals surface area contributed by atoms with Crippen molar-refractivity contribution >= 4 is 45.1 Å². The molecule has 6 heteroatoms. The second-order valence-corrected chi connectivity index (χ2v) is 10.6. The molecule has 2 aliphatic rings. The number of anilines is 1. The fraction of sp³-hybridized carbons (Fsp3) is 0.379. The third kappa shape index (κ3) is 4.97. The van der Waals surface area contributed by atoms with E-state index in [2.05, 4.69) is 70.8 Å². The molecular formula is C29H30IN3O2. The van der Waals surface area contributed by atoms with Gasteiger partial charge in [0.1, 0.15) is 5.60 Å². The van der Waals surface area contributed by atoms with Crippen molar-refractivity contribution in [2.75, 3.05) is 22.5 Å². The molecule has 1 heterocycles. The summed E-state index contributed by atoms with van der Waals surface area (Å²) in [4.78, 5) is 17.2. The Kier molecular flexibility index (Phi) is 6.88. The summed E-state index contributed by atoms with van der Waals surface area (Å²) in [6.07, 6.45) is 3.81. The van der Waals surface area contributed by atoms with E-state index in [-0.39, 0.29) is 6.09 Å². The van der Waals surface area contributed by atoms with Crippen LogP contribution in [-0.4, -0.2) is 34.2 Å². The molecule has 2 fully saturated rings. The number of fused-ring (bicyclic) bond motifs is 1. The lowest BCUT2D eigenvalue weighted by Gasteiger charge is -2.38. The van der Waals surface area contributed by atoms with Crippen LogP contribution in [0, 0.1) is 24.2 Å². The molecule has 3 aromatic rings. The highest BCUT2D eigenvalue weighted by Crippen LogP contribution is 2.41. The summed E-state index contributed by atoms with van der Waals surface area (Å²) in [6, 6.07) is 22.8. The zero-order chi connectivity index (χ0) is 24.4. The summed E-state index contributed by atoms with van der Waals surface area (Å²) in [7, 11) is 0. The molecule has 0 N–H and O–H groups in total. The summed E-state index contributed by atoms with van der Waals surface area (Å²) in [6.45, 7) is 4.23. The van der Waals surface area contributed by atoms with Gasteiger partial charge >= 0.3 is 6.09 Å². The quantitative estimate of drug-likeness (QED) is 0.183. The third-order valence-electron chi connectivity index (χ3n) is 7.49. The van der Waals surface area contributed by atoms with Crippen molar-refractivity contribution in [2.45, 2.75) is 44.8 Å². The number of rotatable bonds is 6. The number of hydrogen-bond donors (Lipinski definition) is 0. The highest BCUT2D eigenvalue weighted by atomic mass is 127. The number of halogens is 1. The molecule has 1 spiro atoms. The first-order valence-electron chi connectivity index (χ1n) is 12.3. The summed E-state index contributed by atoms with van der Waals surface area (Å²) < 4.78 is 6.97. The Morgan fingerprint density at radius 1 is 1.20 bits per heavy atom. The average molecular weight is 579 g/mol. The Bertz CT molecular complexity index is 1280. The second-order valence-electron chi connectivity index (χ2n) is 9.96. The number of carbonyl (C=O) groups excluding carboxylic acids is 1. The minimum atomic E-state index is -0.398. The monoisotopic (exact) mass is 579 g/mol. The smallest absolute Gasteiger partial charge is 0.410 e. The van der Waals surface area contributed by atoms with Crippen molar-refractivity contribution < 1.29 is 9.53 Å². The minimum absolute atomic E-state index is 0.193. The van der Waals surface area contributed by atoms with Crippen molar-refractivity contribution in [2.24, 2.45) is 5.92 Å². The minimum Gasteiger partial charge on any atom is -0.441 e. The van der Waals surface area contributed by atoms with Crippen LogP contribution >= 0.6 is 22.6 Å². The number of alkyl halides is 1. The molecule has 2 atom stereocenters. The Labute approximate surface area is 220 Å². The molecule has 1 saturated heterocycles. The van der Waals surface area contributed by atoms with E-state index < -0.39 is 5.60 Å². The summed E-state index contributed by atoms with van der Waals surface area (Å²) >= 11 is 2.40. The fourth-order valence-corrected chi connectivity index (χ4v) is 6.48. The van der Waals surface area contributed by atoms with E-state index in [9.17, 15) is 10.1 Å². The van der Waals surface area contributed by atoms with Crippen molar-refractivity contribution in [1.29, 1.82) is 5.26 Å². The maximum Gasteiger partial charge on any atom is 0.410 e. The standard InChI is InChI=1S/C29H30IN3O2/c1-21-11-12-22(16-31)14-27(21)33(20-30)17-23-6-5-13-29(15-23)19-32(28(34)35-29)18-25-9-4-8-24-7-2-3-10-26(24)25/h2-4,7-12,14,23H,5-6,13,15,17-20H2,1H3/t23-,29-/m0/s1. The van der Waals surface area contributed by atoms with Gasteiger partial charge in [-0.3, -0.25) is 4.90 Å². The van der Waals surface area contributed by atoms with Gasteiger partial charge < -0.3 is 9.64 Å². The first-order chi connectivity index (χ1) is 17.0.